The van der Waals surface area contributed by atoms with Crippen LogP contribution in [0.1, 0.15) is 113 Å². The first kappa shape index (κ1) is 38.4. The Balaban J connectivity index is 0.000000363. The number of carbonyl (C=O) groups is 2. The molecule has 4 fully saturated rings. The molecule has 0 spiro atoms. The molecule has 264 valence electrons. The van der Waals surface area contributed by atoms with E-state index in [-0.39, 0.29) is 29.8 Å². The Kier molecular flexibility index (Phi) is 14.6. The predicted octanol–water partition coefficient (Wildman–Crippen LogP) is 3.57. The summed E-state index contributed by atoms with van der Waals surface area (Å²) < 4.78 is 0. The highest BCUT2D eigenvalue weighted by Crippen LogP contribution is 2.44. The van der Waals surface area contributed by atoms with Gasteiger partial charge in [-0.3, -0.25) is 20.3 Å². The molecule has 0 aromatic heterocycles. The first-order chi connectivity index (χ1) is 22.4. The maximum absolute atomic E-state index is 13.5. The number of carbonyl (C=O) groups excluding carboxylic acids is 2. The summed E-state index contributed by atoms with van der Waals surface area (Å²) in [5.41, 5.74) is 8.76. The van der Waals surface area contributed by atoms with Gasteiger partial charge in [-0.15, -0.1) is 0 Å². The van der Waals surface area contributed by atoms with Crippen LogP contribution in [0.25, 0.3) is 0 Å². The van der Waals surface area contributed by atoms with Crippen molar-refractivity contribution in [3.05, 3.63) is 46.8 Å². The highest BCUT2D eigenvalue weighted by Gasteiger charge is 2.59. The van der Waals surface area contributed by atoms with Crippen LogP contribution in [-0.4, -0.2) is 71.5 Å². The molecule has 0 radical (unpaired) electrons. The van der Waals surface area contributed by atoms with Crippen molar-refractivity contribution in [2.75, 3.05) is 20.1 Å². The summed E-state index contributed by atoms with van der Waals surface area (Å²) >= 11 is 0. The largest absolute Gasteiger partial charge is 0.388 e. The maximum atomic E-state index is 13.5. The summed E-state index contributed by atoms with van der Waals surface area (Å²) in [5.74, 6) is 3.29. The first-order valence-electron chi connectivity index (χ1n) is 18.2. The third-order valence-corrected chi connectivity index (χ3v) is 10.9. The molecule has 2 aliphatic carbocycles. The third kappa shape index (κ3) is 9.30. The Morgan fingerprint density at radius 1 is 1.11 bits per heavy atom. The van der Waals surface area contributed by atoms with E-state index in [0.717, 1.165) is 54.9 Å². The van der Waals surface area contributed by atoms with Crippen LogP contribution in [-0.2, 0) is 9.59 Å². The van der Waals surface area contributed by atoms with Crippen LogP contribution in [0.5, 0.6) is 0 Å². The van der Waals surface area contributed by atoms with Gasteiger partial charge >= 0.3 is 0 Å². The smallest absolute Gasteiger partial charge is 0.250 e. The lowest BCUT2D eigenvalue weighted by molar-refractivity contribution is -0.525. The Hall–Kier alpha value is -3.07. The monoisotopic (exact) mass is 654 g/mol. The van der Waals surface area contributed by atoms with Crippen LogP contribution < -0.4 is 26.7 Å². The maximum Gasteiger partial charge on any atom is 0.250 e. The number of nitrogens with two attached hydrogens (primary N) is 1. The molecule has 0 bridgehead atoms. The second-order valence-electron chi connectivity index (χ2n) is 14.4. The molecule has 2 heterocycles. The van der Waals surface area contributed by atoms with E-state index in [1.54, 1.807) is 7.05 Å². The average molecular weight is 654 g/mol. The highest BCUT2D eigenvalue weighted by atomic mass is 16.3. The van der Waals surface area contributed by atoms with Gasteiger partial charge in [-0.25, -0.2) is 0 Å². The van der Waals surface area contributed by atoms with E-state index in [9.17, 15) is 14.7 Å². The number of hydrogen-bond acceptors (Lipinski definition) is 5. The zero-order valence-corrected chi connectivity index (χ0v) is 30.5. The summed E-state index contributed by atoms with van der Waals surface area (Å²) in [4.78, 5) is 30.6. The Labute approximate surface area is 284 Å². The molecule has 0 aromatic rings. The minimum absolute atomic E-state index is 0.0352. The molecule has 4 aliphatic rings. The fourth-order valence-electron chi connectivity index (χ4n) is 8.09. The summed E-state index contributed by atoms with van der Waals surface area (Å²) in [5, 5.41) is 21.1. The number of amides is 2. The van der Waals surface area contributed by atoms with Gasteiger partial charge in [0.25, 0.3) is 5.91 Å². The minimum atomic E-state index is -0.685. The summed E-state index contributed by atoms with van der Waals surface area (Å²) in [6, 6.07) is -0.348. The van der Waals surface area contributed by atoms with Crippen molar-refractivity contribution in [1.82, 2.24) is 20.9 Å². The molecule has 47 heavy (non-hydrogen) atoms. The number of amidine groups is 1. The fourth-order valence-corrected chi connectivity index (χ4v) is 8.09. The zero-order valence-electron chi connectivity index (χ0n) is 30.5. The number of nitrogens with one attached hydrogen (secondary N) is 4. The van der Waals surface area contributed by atoms with E-state index in [1.165, 1.54) is 37.7 Å². The number of hydrogen-bond donors (Lipinski definition) is 6. The van der Waals surface area contributed by atoms with Crippen molar-refractivity contribution in [2.24, 2.45) is 23.5 Å². The topological polar surface area (TPSA) is 134 Å². The predicted molar refractivity (Wildman–Crippen MR) is 192 cm³/mol. The highest BCUT2D eigenvalue weighted by molar-refractivity contribution is 5.96. The summed E-state index contributed by atoms with van der Waals surface area (Å²) in [6.45, 7) is 15.7. The van der Waals surface area contributed by atoms with Crippen LogP contribution in [0.15, 0.2) is 46.8 Å². The van der Waals surface area contributed by atoms with Crippen molar-refractivity contribution in [2.45, 2.75) is 136 Å². The first-order valence-corrected chi connectivity index (χ1v) is 18.2. The Morgan fingerprint density at radius 3 is 2.45 bits per heavy atom. The van der Waals surface area contributed by atoms with E-state index in [1.807, 2.05) is 45.1 Å². The summed E-state index contributed by atoms with van der Waals surface area (Å²) in [7, 11) is 1.64. The molecule has 2 saturated carbocycles. The van der Waals surface area contributed by atoms with Crippen LogP contribution in [0.3, 0.4) is 0 Å². The number of aliphatic hydroxyl groups excluding tert-OH is 1. The number of aliphatic hydroxyl groups is 1. The van der Waals surface area contributed by atoms with Crippen molar-refractivity contribution in [3.8, 4) is 0 Å². The third-order valence-electron chi connectivity index (χ3n) is 10.9. The molecule has 9 heteroatoms. The summed E-state index contributed by atoms with van der Waals surface area (Å²) in [6.07, 6.45) is 18.1. The van der Waals surface area contributed by atoms with Gasteiger partial charge in [0.05, 0.1) is 12.6 Å². The van der Waals surface area contributed by atoms with Crippen LogP contribution >= 0.6 is 0 Å². The van der Waals surface area contributed by atoms with Crippen LogP contribution in [0.2, 0.25) is 0 Å². The molecule has 2 aliphatic heterocycles. The van der Waals surface area contributed by atoms with E-state index in [2.05, 4.69) is 53.5 Å². The van der Waals surface area contributed by atoms with Crippen molar-refractivity contribution in [1.29, 1.82) is 0 Å². The number of rotatable bonds is 9. The molecule has 2 saturated heterocycles. The van der Waals surface area contributed by atoms with Crippen molar-refractivity contribution >= 4 is 17.6 Å². The molecule has 7 N–H and O–H groups in total. The number of likely N-dealkylation sites (N-methyl/N-ethyl adjacent to an activating group) is 1. The lowest BCUT2D eigenvalue weighted by atomic mass is 9.65. The van der Waals surface area contributed by atoms with Crippen molar-refractivity contribution < 1.29 is 19.7 Å². The minimum Gasteiger partial charge on any atom is -0.388 e. The normalized spacial score (nSPS) is 31.3. The van der Waals surface area contributed by atoms with Gasteiger partial charge in [-0.1, -0.05) is 69.8 Å². The lowest BCUT2D eigenvalue weighted by Crippen LogP contribution is -2.92. The lowest BCUT2D eigenvalue weighted by Gasteiger charge is -2.47. The van der Waals surface area contributed by atoms with Gasteiger partial charge < -0.3 is 26.0 Å². The molecule has 2 amide bonds. The van der Waals surface area contributed by atoms with Crippen LogP contribution in [0, 0.1) is 17.8 Å². The van der Waals surface area contributed by atoms with Crippen LogP contribution in [0.4, 0.5) is 0 Å². The molecule has 7 atom stereocenters. The second kappa shape index (κ2) is 17.9. The van der Waals surface area contributed by atoms with E-state index >= 15 is 0 Å². The number of allylic oxidation sites excluding steroid dienone is 5. The Morgan fingerprint density at radius 2 is 1.81 bits per heavy atom. The molecule has 4 rings (SSSR count). The quantitative estimate of drug-likeness (QED) is 0.0976. The Bertz CT molecular complexity index is 1230. The molecule has 6 unspecified atom stereocenters. The number of nitrogens with zero attached hydrogens (tertiary/aromatic N) is 1. The fraction of sp³-hybridized carbons (Fsp3) is 0.711. The zero-order chi connectivity index (χ0) is 34.7. The van der Waals surface area contributed by atoms with Gasteiger partial charge in [0.15, 0.2) is 0 Å². The van der Waals surface area contributed by atoms with Gasteiger partial charge in [0.1, 0.15) is 23.5 Å². The van der Waals surface area contributed by atoms with Gasteiger partial charge in [0.2, 0.25) is 11.7 Å². The van der Waals surface area contributed by atoms with E-state index < -0.39 is 11.6 Å². The van der Waals surface area contributed by atoms with Gasteiger partial charge in [0, 0.05) is 31.5 Å². The standard InChI is InChI=1S/C26H45N5O2.C12H19NO/c1-5-9-22(27)30-21-14-28-24(16(2)3)31-15-20(23(32)26(21,31)4)29-25(33)19-13-8-11-17-10-6-7-12-18(17)19;1-5-7-11(12(14)13-4)9-8-10(3)6-2/h17-21,23,28,32H,5-15H2,1-4H3,(H2,27,30)(H,29,33);6-9H,5H2,1-4H3,(H,13,14)/p+1/b;9-8-,10-6-,11-7-/t17?,18?,19?,20?,21?,23-,26?;/m1./s1. The average Bonchev–Trinajstić information content (AvgIpc) is 3.32. The van der Waals surface area contributed by atoms with Crippen molar-refractivity contribution in [3.63, 3.8) is 0 Å². The SMILES string of the molecule is CCCC(N)=[NH+]C1CNC(=C(C)C)N2CC(NC(=O)C3CCCC4CCCCC43)[C@@H](O)C12C.C\C=C(C)/C=C\C(=C\CC)C(=O)NC. The van der Waals surface area contributed by atoms with Gasteiger partial charge in [-0.05, 0) is 83.8 Å². The number of fused-ring (bicyclic) bond motifs is 2. The van der Waals surface area contributed by atoms with E-state index in [0.29, 0.717) is 24.9 Å². The van der Waals surface area contributed by atoms with E-state index in [4.69, 9.17) is 5.73 Å². The molecule has 9 nitrogen and oxygen atoms in total. The second-order valence-corrected chi connectivity index (χ2v) is 14.4. The van der Waals surface area contributed by atoms with Gasteiger partial charge in [-0.2, -0.15) is 0 Å². The molecular weight excluding hydrogens is 588 g/mol. The molecular formula is C38H65N6O3+. The molecule has 0 aromatic carbocycles.